The average molecular weight is 363 g/mol. The zero-order chi connectivity index (χ0) is 18.6. The molecule has 2 heterocycles. The lowest BCUT2D eigenvalue weighted by Gasteiger charge is -2.21. The molecule has 0 bridgehead atoms. The van der Waals surface area contributed by atoms with Gasteiger partial charge in [0.2, 0.25) is 5.89 Å². The second-order valence-corrected chi connectivity index (χ2v) is 6.63. The van der Waals surface area contributed by atoms with Crippen LogP contribution < -0.4 is 5.73 Å². The second kappa shape index (κ2) is 7.63. The SMILES string of the molecule is NC1CC(c2ncc(-c3ccccc3)o2)N(C(=O)OCc2ccccc2)C1. The van der Waals surface area contributed by atoms with E-state index in [0.717, 1.165) is 11.1 Å². The number of carbonyl (C=O) groups excluding carboxylic acids is 1. The maximum absolute atomic E-state index is 12.6. The van der Waals surface area contributed by atoms with Crippen molar-refractivity contribution in [2.75, 3.05) is 6.54 Å². The van der Waals surface area contributed by atoms with Gasteiger partial charge in [-0.3, -0.25) is 4.90 Å². The molecule has 1 saturated heterocycles. The van der Waals surface area contributed by atoms with E-state index in [2.05, 4.69) is 4.98 Å². The number of rotatable bonds is 4. The Morgan fingerprint density at radius 2 is 1.85 bits per heavy atom. The van der Waals surface area contributed by atoms with Crippen molar-refractivity contribution >= 4 is 6.09 Å². The van der Waals surface area contributed by atoms with Crippen LogP contribution in [0.3, 0.4) is 0 Å². The van der Waals surface area contributed by atoms with Crippen molar-refractivity contribution < 1.29 is 13.9 Å². The Hall–Kier alpha value is -3.12. The summed E-state index contributed by atoms with van der Waals surface area (Å²) in [6, 6.07) is 18.9. The van der Waals surface area contributed by atoms with Crippen LogP contribution in [-0.2, 0) is 11.3 Å². The van der Waals surface area contributed by atoms with Gasteiger partial charge in [-0.1, -0.05) is 60.7 Å². The molecule has 2 unspecified atom stereocenters. The number of hydrogen-bond donors (Lipinski definition) is 1. The lowest BCUT2D eigenvalue weighted by Crippen LogP contribution is -2.33. The third-order valence-corrected chi connectivity index (χ3v) is 4.64. The Kier molecular flexibility index (Phi) is 4.89. The highest BCUT2D eigenvalue weighted by Gasteiger charge is 2.38. The van der Waals surface area contributed by atoms with E-state index in [1.807, 2.05) is 60.7 Å². The van der Waals surface area contributed by atoms with E-state index in [9.17, 15) is 4.79 Å². The Morgan fingerprint density at radius 3 is 2.59 bits per heavy atom. The average Bonchev–Trinajstić information content (AvgIpc) is 3.34. The topological polar surface area (TPSA) is 81.6 Å². The van der Waals surface area contributed by atoms with Gasteiger partial charge in [-0.25, -0.2) is 9.78 Å². The third-order valence-electron chi connectivity index (χ3n) is 4.64. The van der Waals surface area contributed by atoms with Gasteiger partial charge in [0.1, 0.15) is 12.6 Å². The van der Waals surface area contributed by atoms with Crippen LogP contribution in [0.2, 0.25) is 0 Å². The summed E-state index contributed by atoms with van der Waals surface area (Å²) < 4.78 is 11.4. The van der Waals surface area contributed by atoms with Gasteiger partial charge in [0.05, 0.1) is 6.20 Å². The highest BCUT2D eigenvalue weighted by Crippen LogP contribution is 2.33. The van der Waals surface area contributed by atoms with Gasteiger partial charge in [0.15, 0.2) is 5.76 Å². The molecule has 1 amide bonds. The minimum atomic E-state index is -0.406. The fraction of sp³-hybridized carbons (Fsp3) is 0.238. The summed E-state index contributed by atoms with van der Waals surface area (Å²) in [5.41, 5.74) is 7.98. The summed E-state index contributed by atoms with van der Waals surface area (Å²) in [6.07, 6.45) is 1.87. The second-order valence-electron chi connectivity index (χ2n) is 6.63. The Bertz CT molecular complexity index is 895. The first-order valence-corrected chi connectivity index (χ1v) is 8.95. The molecule has 138 valence electrons. The lowest BCUT2D eigenvalue weighted by molar-refractivity contribution is 0.0877. The Balaban J connectivity index is 1.48. The molecule has 0 radical (unpaired) electrons. The maximum Gasteiger partial charge on any atom is 0.410 e. The first-order valence-electron chi connectivity index (χ1n) is 8.95. The summed E-state index contributed by atoms with van der Waals surface area (Å²) in [4.78, 5) is 18.6. The molecule has 6 heteroatoms. The minimum Gasteiger partial charge on any atom is -0.445 e. The van der Waals surface area contributed by atoms with E-state index < -0.39 is 6.09 Å². The van der Waals surface area contributed by atoms with E-state index in [1.165, 1.54) is 0 Å². The molecule has 1 aliphatic rings. The van der Waals surface area contributed by atoms with E-state index in [-0.39, 0.29) is 18.7 Å². The molecule has 2 N–H and O–H groups in total. The predicted octanol–water partition coefficient (Wildman–Crippen LogP) is 3.75. The van der Waals surface area contributed by atoms with E-state index in [4.69, 9.17) is 14.9 Å². The maximum atomic E-state index is 12.6. The molecule has 1 fully saturated rings. The highest BCUT2D eigenvalue weighted by atomic mass is 16.6. The van der Waals surface area contributed by atoms with Crippen LogP contribution in [0.4, 0.5) is 4.79 Å². The summed E-state index contributed by atoms with van der Waals surface area (Å²) >= 11 is 0. The van der Waals surface area contributed by atoms with Gasteiger partial charge in [0.25, 0.3) is 0 Å². The van der Waals surface area contributed by atoms with Crippen molar-refractivity contribution in [3.05, 3.63) is 78.3 Å². The number of aromatic nitrogens is 1. The Morgan fingerprint density at radius 1 is 1.15 bits per heavy atom. The van der Waals surface area contributed by atoms with Gasteiger partial charge in [0, 0.05) is 18.2 Å². The largest absolute Gasteiger partial charge is 0.445 e. The van der Waals surface area contributed by atoms with Crippen LogP contribution in [0.1, 0.15) is 23.9 Å². The smallest absolute Gasteiger partial charge is 0.410 e. The lowest BCUT2D eigenvalue weighted by atomic mass is 10.2. The molecule has 0 saturated carbocycles. The fourth-order valence-corrected chi connectivity index (χ4v) is 3.28. The molecule has 0 aliphatic carbocycles. The molecule has 1 aliphatic heterocycles. The van der Waals surface area contributed by atoms with E-state index in [1.54, 1.807) is 11.1 Å². The number of nitrogens with two attached hydrogens (primary N) is 1. The molecule has 1 aromatic heterocycles. The van der Waals surface area contributed by atoms with Gasteiger partial charge in [-0.05, 0) is 12.0 Å². The Labute approximate surface area is 157 Å². The molecule has 2 aromatic carbocycles. The quantitative estimate of drug-likeness (QED) is 0.763. The van der Waals surface area contributed by atoms with Crippen LogP contribution in [0.5, 0.6) is 0 Å². The molecule has 0 spiro atoms. The van der Waals surface area contributed by atoms with Crippen LogP contribution in [0.25, 0.3) is 11.3 Å². The van der Waals surface area contributed by atoms with Crippen molar-refractivity contribution in [1.82, 2.24) is 9.88 Å². The summed E-state index contributed by atoms with van der Waals surface area (Å²) in [5, 5.41) is 0. The van der Waals surface area contributed by atoms with E-state index >= 15 is 0 Å². The summed E-state index contributed by atoms with van der Waals surface area (Å²) in [7, 11) is 0. The first kappa shape index (κ1) is 17.3. The van der Waals surface area contributed by atoms with Crippen molar-refractivity contribution in [2.24, 2.45) is 5.73 Å². The number of amides is 1. The van der Waals surface area contributed by atoms with E-state index in [0.29, 0.717) is 24.6 Å². The van der Waals surface area contributed by atoms with Gasteiger partial charge in [-0.15, -0.1) is 0 Å². The van der Waals surface area contributed by atoms with Gasteiger partial charge >= 0.3 is 6.09 Å². The zero-order valence-corrected chi connectivity index (χ0v) is 14.8. The molecule has 27 heavy (non-hydrogen) atoms. The normalized spacial score (nSPS) is 19.2. The van der Waals surface area contributed by atoms with Crippen LogP contribution in [0, 0.1) is 0 Å². The van der Waals surface area contributed by atoms with Crippen LogP contribution >= 0.6 is 0 Å². The van der Waals surface area contributed by atoms with Crippen molar-refractivity contribution in [1.29, 1.82) is 0 Å². The van der Waals surface area contributed by atoms with Crippen molar-refractivity contribution in [3.8, 4) is 11.3 Å². The fourth-order valence-electron chi connectivity index (χ4n) is 3.28. The zero-order valence-electron chi connectivity index (χ0n) is 14.8. The van der Waals surface area contributed by atoms with Crippen molar-refractivity contribution in [3.63, 3.8) is 0 Å². The number of ether oxygens (including phenoxy) is 1. The highest BCUT2D eigenvalue weighted by molar-refractivity contribution is 5.69. The molecular formula is C21H21N3O3. The standard InChI is InChI=1S/C21H21N3O3/c22-17-11-18(20-23-12-19(27-20)16-9-5-2-6-10-16)24(13-17)21(25)26-14-15-7-3-1-4-8-15/h1-10,12,17-18H,11,13-14,22H2. The molecular weight excluding hydrogens is 342 g/mol. The summed E-state index contributed by atoms with van der Waals surface area (Å²) in [5.74, 6) is 1.15. The minimum absolute atomic E-state index is 0.133. The monoisotopic (exact) mass is 363 g/mol. The van der Waals surface area contributed by atoms with Crippen LogP contribution in [0.15, 0.2) is 71.3 Å². The molecule has 3 aromatic rings. The van der Waals surface area contributed by atoms with Gasteiger partial charge in [-0.2, -0.15) is 0 Å². The number of likely N-dealkylation sites (tertiary alicyclic amines) is 1. The predicted molar refractivity (Wildman–Crippen MR) is 101 cm³/mol. The van der Waals surface area contributed by atoms with Crippen molar-refractivity contribution in [2.45, 2.75) is 25.1 Å². The first-order chi connectivity index (χ1) is 13.2. The number of oxazole rings is 1. The van der Waals surface area contributed by atoms with Gasteiger partial charge < -0.3 is 14.9 Å². The molecule has 2 atom stereocenters. The number of hydrogen-bond acceptors (Lipinski definition) is 5. The number of nitrogens with zero attached hydrogens (tertiary/aromatic N) is 2. The van der Waals surface area contributed by atoms with Crippen LogP contribution in [-0.4, -0.2) is 28.6 Å². The number of benzene rings is 2. The molecule has 6 nitrogen and oxygen atoms in total. The summed E-state index contributed by atoms with van der Waals surface area (Å²) in [6.45, 7) is 0.639. The number of carbonyl (C=O) groups is 1. The molecule has 4 rings (SSSR count). The third kappa shape index (κ3) is 3.85.